The van der Waals surface area contributed by atoms with Crippen LogP contribution < -0.4 is 5.32 Å². The molecule has 14 nitrogen and oxygen atoms in total. The second kappa shape index (κ2) is 51.1. The van der Waals surface area contributed by atoms with Gasteiger partial charge in [-0.1, -0.05) is 226 Å². The Morgan fingerprint density at radius 2 is 0.827 bits per heavy atom. The van der Waals surface area contributed by atoms with E-state index < -0.39 is 86.8 Å². The van der Waals surface area contributed by atoms with Crippen LogP contribution in [0.2, 0.25) is 0 Å². The van der Waals surface area contributed by atoms with Crippen molar-refractivity contribution in [3.05, 3.63) is 109 Å². The zero-order valence-corrected chi connectivity index (χ0v) is 50.0. The van der Waals surface area contributed by atoms with Gasteiger partial charge in [-0.3, -0.25) is 4.79 Å². The van der Waals surface area contributed by atoms with Gasteiger partial charge in [0.2, 0.25) is 5.91 Å². The molecule has 0 aromatic rings. The summed E-state index contributed by atoms with van der Waals surface area (Å²) in [5.74, 6) is -0.258. The highest BCUT2D eigenvalue weighted by atomic mass is 16.7. The molecule has 12 unspecified atom stereocenters. The van der Waals surface area contributed by atoms with Gasteiger partial charge in [0, 0.05) is 6.42 Å². The average Bonchev–Trinajstić information content (AvgIpc) is 3.51. The average molecular weight is 1140 g/mol. The van der Waals surface area contributed by atoms with Crippen molar-refractivity contribution in [2.24, 2.45) is 0 Å². The van der Waals surface area contributed by atoms with Crippen molar-refractivity contribution in [2.45, 2.75) is 286 Å². The first-order chi connectivity index (χ1) is 39.6. The molecule has 81 heavy (non-hydrogen) atoms. The lowest BCUT2D eigenvalue weighted by molar-refractivity contribution is -0.359. The van der Waals surface area contributed by atoms with Crippen molar-refractivity contribution in [3.63, 3.8) is 0 Å². The van der Waals surface area contributed by atoms with E-state index in [4.69, 9.17) is 18.9 Å². The van der Waals surface area contributed by atoms with Crippen LogP contribution >= 0.6 is 0 Å². The summed E-state index contributed by atoms with van der Waals surface area (Å²) in [5, 5.41) is 86.9. The maximum absolute atomic E-state index is 13.2. The number of rotatable bonds is 49. The summed E-state index contributed by atoms with van der Waals surface area (Å²) in [6.45, 7) is 2.51. The number of carbonyl (C=O) groups excluding carboxylic acids is 1. The van der Waals surface area contributed by atoms with Gasteiger partial charge in [-0.25, -0.2) is 0 Å². The summed E-state index contributed by atoms with van der Waals surface area (Å²) in [6, 6.07) is -0.941. The van der Waals surface area contributed by atoms with Crippen LogP contribution in [0.4, 0.5) is 0 Å². The van der Waals surface area contributed by atoms with Crippen LogP contribution in [0.15, 0.2) is 109 Å². The second-order valence-corrected chi connectivity index (χ2v) is 21.8. The molecule has 2 fully saturated rings. The lowest BCUT2D eigenvalue weighted by Crippen LogP contribution is -2.65. The molecule has 0 aliphatic carbocycles. The minimum absolute atomic E-state index is 0.258. The van der Waals surface area contributed by atoms with Crippen LogP contribution in [0.3, 0.4) is 0 Å². The van der Waals surface area contributed by atoms with Gasteiger partial charge in [0.1, 0.15) is 48.8 Å². The molecular formula is C67H113NO13. The van der Waals surface area contributed by atoms with Gasteiger partial charge in [0.15, 0.2) is 12.6 Å². The van der Waals surface area contributed by atoms with Crippen LogP contribution in [-0.4, -0.2) is 140 Å². The lowest BCUT2D eigenvalue weighted by atomic mass is 9.97. The molecule has 2 aliphatic rings. The molecule has 2 saturated heterocycles. The molecule has 0 saturated carbocycles. The highest BCUT2D eigenvalue weighted by Gasteiger charge is 2.51. The molecule has 14 heteroatoms. The number of aliphatic hydroxyl groups is 8. The highest BCUT2D eigenvalue weighted by molar-refractivity contribution is 5.76. The molecule has 464 valence electrons. The van der Waals surface area contributed by atoms with Gasteiger partial charge in [-0.15, -0.1) is 0 Å². The molecule has 1 amide bonds. The summed E-state index contributed by atoms with van der Waals surface area (Å²) >= 11 is 0. The van der Waals surface area contributed by atoms with Gasteiger partial charge in [-0.2, -0.15) is 0 Å². The largest absolute Gasteiger partial charge is 0.394 e. The number of aliphatic hydroxyl groups excluding tert-OH is 8. The lowest BCUT2D eigenvalue weighted by Gasteiger charge is -2.46. The Bertz CT molecular complexity index is 1770. The summed E-state index contributed by atoms with van der Waals surface area (Å²) < 4.78 is 22.7. The number of hydrogen-bond donors (Lipinski definition) is 9. The Labute approximate surface area is 489 Å². The van der Waals surface area contributed by atoms with Gasteiger partial charge >= 0.3 is 0 Å². The predicted octanol–water partition coefficient (Wildman–Crippen LogP) is 11.6. The predicted molar refractivity (Wildman–Crippen MR) is 327 cm³/mol. The van der Waals surface area contributed by atoms with Crippen molar-refractivity contribution < 1.29 is 64.6 Å². The maximum Gasteiger partial charge on any atom is 0.220 e. The van der Waals surface area contributed by atoms with E-state index in [1.807, 2.05) is 6.08 Å². The minimum Gasteiger partial charge on any atom is -0.394 e. The van der Waals surface area contributed by atoms with E-state index in [0.717, 1.165) is 83.5 Å². The Morgan fingerprint density at radius 3 is 1.31 bits per heavy atom. The number of hydrogen-bond acceptors (Lipinski definition) is 13. The van der Waals surface area contributed by atoms with Crippen LogP contribution in [0.5, 0.6) is 0 Å². The molecule has 2 heterocycles. The van der Waals surface area contributed by atoms with Crippen LogP contribution in [0, 0.1) is 0 Å². The van der Waals surface area contributed by atoms with Crippen molar-refractivity contribution >= 4 is 5.91 Å². The van der Waals surface area contributed by atoms with E-state index >= 15 is 0 Å². The Hall–Kier alpha value is -3.35. The van der Waals surface area contributed by atoms with Crippen molar-refractivity contribution in [2.75, 3.05) is 19.8 Å². The summed E-state index contributed by atoms with van der Waals surface area (Å²) in [7, 11) is 0. The molecular weight excluding hydrogens is 1030 g/mol. The third kappa shape index (κ3) is 36.2. The first-order valence-corrected chi connectivity index (χ1v) is 31.6. The standard InChI is InChI=1S/C67H113NO13/c1-3-5-7-9-11-13-15-16-17-18-19-20-21-22-23-24-25-26-27-28-29-30-31-32-33-34-35-36-37-38-39-40-41-43-45-47-49-51-59(72)68-55(56(71)50-48-46-44-42-14-12-10-8-6-4-2)54-78-66-64(77)62(75)65(58(53-70)80-66)81-67-63(76)61(74)60(73)57(52-69)79-67/h5-8,11,13-14,16-17,19-20,22-23,25-26,42,48,50,55-58,60-67,69-71,73-77H,3-4,9-10,12,15,18,21,24,27-41,43-47,49,51-54H2,1-2H3,(H,68,72)/b7-5-,8-6+,13-11-,17-16-,20-19-,23-22-,26-25-,42-14+,50-48+. The van der Waals surface area contributed by atoms with E-state index in [0.29, 0.717) is 12.8 Å². The number of ether oxygens (including phenoxy) is 4. The molecule has 9 N–H and O–H groups in total. The SMILES string of the molecule is CC/C=C\C/C=C\C/C=C\C/C=C\C/C=C\C/C=C\CCCCCCCCCCCCCCCCCCCCC(=O)NC(COC1OC(CO)C(OC2OC(CO)C(O)C(O)C2O)C(O)C1O)C(O)/C=C/CC/C=C/CC/C=C/CC. The molecule has 0 aromatic heterocycles. The first-order valence-electron chi connectivity index (χ1n) is 31.6. The van der Waals surface area contributed by atoms with E-state index in [2.05, 4.69) is 116 Å². The smallest absolute Gasteiger partial charge is 0.220 e. The number of unbranched alkanes of at least 4 members (excludes halogenated alkanes) is 20. The summed E-state index contributed by atoms with van der Waals surface area (Å²) in [5.41, 5.74) is 0. The van der Waals surface area contributed by atoms with E-state index in [9.17, 15) is 45.6 Å². The van der Waals surface area contributed by atoms with Gasteiger partial charge in [-0.05, 0) is 89.9 Å². The van der Waals surface area contributed by atoms with E-state index in [1.54, 1.807) is 6.08 Å². The van der Waals surface area contributed by atoms with Gasteiger partial charge < -0.3 is 65.1 Å². The topological polar surface area (TPSA) is 228 Å². The third-order valence-corrected chi connectivity index (χ3v) is 14.7. The first kappa shape index (κ1) is 73.8. The fraction of sp³-hybridized carbons (Fsp3) is 0.716. The van der Waals surface area contributed by atoms with Crippen molar-refractivity contribution in [1.29, 1.82) is 0 Å². The number of carbonyl (C=O) groups is 1. The summed E-state index contributed by atoms with van der Waals surface area (Å²) in [6.07, 6.45) is 56.1. The number of allylic oxidation sites excluding steroid dienone is 17. The molecule has 2 rings (SSSR count). The monoisotopic (exact) mass is 1140 g/mol. The molecule has 0 aromatic carbocycles. The highest BCUT2D eigenvalue weighted by Crippen LogP contribution is 2.30. The fourth-order valence-corrected chi connectivity index (χ4v) is 9.69. The van der Waals surface area contributed by atoms with E-state index in [-0.39, 0.29) is 18.9 Å². The Morgan fingerprint density at radius 1 is 0.444 bits per heavy atom. The second-order valence-electron chi connectivity index (χ2n) is 21.8. The minimum atomic E-state index is -1.79. The zero-order chi connectivity index (χ0) is 58.8. The fourth-order valence-electron chi connectivity index (χ4n) is 9.69. The van der Waals surface area contributed by atoms with Crippen molar-refractivity contribution in [3.8, 4) is 0 Å². The van der Waals surface area contributed by atoms with Gasteiger partial charge in [0.05, 0.1) is 32.0 Å². The Balaban J connectivity index is 1.58. The molecule has 2 aliphatic heterocycles. The third-order valence-electron chi connectivity index (χ3n) is 14.7. The number of nitrogens with one attached hydrogen (secondary N) is 1. The zero-order valence-electron chi connectivity index (χ0n) is 50.0. The number of amides is 1. The van der Waals surface area contributed by atoms with Crippen LogP contribution in [0.25, 0.3) is 0 Å². The van der Waals surface area contributed by atoms with Crippen molar-refractivity contribution in [1.82, 2.24) is 5.32 Å². The van der Waals surface area contributed by atoms with Gasteiger partial charge in [0.25, 0.3) is 0 Å². The van der Waals surface area contributed by atoms with Crippen LogP contribution in [0.1, 0.15) is 213 Å². The molecule has 12 atom stereocenters. The molecule has 0 spiro atoms. The molecule has 0 radical (unpaired) electrons. The molecule has 0 bridgehead atoms. The van der Waals surface area contributed by atoms with Crippen LogP contribution in [-0.2, 0) is 23.7 Å². The van der Waals surface area contributed by atoms with E-state index in [1.165, 1.54) is 96.3 Å². The maximum atomic E-state index is 13.2. The quantitative estimate of drug-likeness (QED) is 0.0204. The normalized spacial score (nSPS) is 24.9. The summed E-state index contributed by atoms with van der Waals surface area (Å²) in [4.78, 5) is 13.2. The Kier molecular flexibility index (Phi) is 46.5.